The summed E-state index contributed by atoms with van der Waals surface area (Å²) in [4.78, 5) is 16.3. The van der Waals surface area contributed by atoms with Crippen molar-refractivity contribution in [1.29, 1.82) is 0 Å². The highest BCUT2D eigenvalue weighted by molar-refractivity contribution is 7.88. The average molecular weight is 332 g/mol. The molecule has 8 heteroatoms. The average Bonchev–Trinajstić information content (AvgIpc) is 2.92. The highest BCUT2D eigenvalue weighted by Gasteiger charge is 2.26. The number of hydrogen-bond acceptors (Lipinski definition) is 4. The Hall–Kier alpha value is -0.860. The molecule has 2 aliphatic rings. The Kier molecular flexibility index (Phi) is 6.05. The van der Waals surface area contributed by atoms with Crippen LogP contribution in [0.1, 0.15) is 26.2 Å². The molecular formula is C14H28N4O3S. The first-order valence-electron chi connectivity index (χ1n) is 8.10. The molecule has 0 aromatic heterocycles. The Morgan fingerprint density at radius 2 is 1.86 bits per heavy atom. The summed E-state index contributed by atoms with van der Waals surface area (Å²) in [7, 11) is -3.16. The van der Waals surface area contributed by atoms with E-state index in [9.17, 15) is 13.2 Å². The van der Waals surface area contributed by atoms with Crippen LogP contribution in [0.15, 0.2) is 0 Å². The van der Waals surface area contributed by atoms with Crippen molar-refractivity contribution >= 4 is 16.1 Å². The quantitative estimate of drug-likeness (QED) is 0.745. The van der Waals surface area contributed by atoms with Crippen LogP contribution in [0.2, 0.25) is 0 Å². The molecule has 2 saturated heterocycles. The van der Waals surface area contributed by atoms with Crippen molar-refractivity contribution in [2.75, 3.05) is 45.5 Å². The molecule has 2 fully saturated rings. The Balaban J connectivity index is 1.67. The van der Waals surface area contributed by atoms with E-state index < -0.39 is 10.0 Å². The second-order valence-corrected chi connectivity index (χ2v) is 8.17. The van der Waals surface area contributed by atoms with Gasteiger partial charge >= 0.3 is 6.03 Å². The third kappa shape index (κ3) is 5.40. The number of hydrogen-bond donors (Lipinski definition) is 2. The first-order valence-corrected chi connectivity index (χ1v) is 9.99. The fourth-order valence-electron chi connectivity index (χ4n) is 3.21. The van der Waals surface area contributed by atoms with Gasteiger partial charge in [-0.25, -0.2) is 17.9 Å². The first kappa shape index (κ1) is 17.5. The normalized spacial score (nSPS) is 24.6. The number of sulfonamides is 1. The molecule has 0 aromatic rings. The zero-order valence-corrected chi connectivity index (χ0v) is 14.4. The molecule has 0 spiro atoms. The van der Waals surface area contributed by atoms with Crippen LogP contribution in [0.3, 0.4) is 0 Å². The van der Waals surface area contributed by atoms with Gasteiger partial charge < -0.3 is 15.1 Å². The molecule has 0 aromatic carbocycles. The van der Waals surface area contributed by atoms with E-state index >= 15 is 0 Å². The largest absolute Gasteiger partial charge is 0.338 e. The van der Waals surface area contributed by atoms with E-state index in [2.05, 4.69) is 21.9 Å². The molecular weight excluding hydrogens is 304 g/mol. The maximum Gasteiger partial charge on any atom is 0.317 e. The Morgan fingerprint density at radius 1 is 1.18 bits per heavy atom. The monoisotopic (exact) mass is 332 g/mol. The molecule has 7 nitrogen and oxygen atoms in total. The van der Waals surface area contributed by atoms with Gasteiger partial charge in [0.2, 0.25) is 10.0 Å². The fourth-order valence-corrected chi connectivity index (χ4v) is 4.05. The number of likely N-dealkylation sites (tertiary alicyclic amines) is 2. The van der Waals surface area contributed by atoms with Crippen molar-refractivity contribution < 1.29 is 13.2 Å². The summed E-state index contributed by atoms with van der Waals surface area (Å²) in [5, 5.41) is 3.02. The summed E-state index contributed by atoms with van der Waals surface area (Å²) < 4.78 is 25.0. The lowest BCUT2D eigenvalue weighted by Gasteiger charge is -2.32. The number of piperidine rings is 1. The van der Waals surface area contributed by atoms with Crippen LogP contribution < -0.4 is 10.0 Å². The van der Waals surface area contributed by atoms with E-state index in [0.717, 1.165) is 32.6 Å². The SMILES string of the molecule is CCN1CCC(CNC(=O)N2CCC(NS(C)(=O)=O)CC2)C1. The number of rotatable bonds is 5. The molecule has 0 saturated carbocycles. The van der Waals surface area contributed by atoms with Gasteiger partial charge in [-0.15, -0.1) is 0 Å². The second kappa shape index (κ2) is 7.61. The van der Waals surface area contributed by atoms with Crippen LogP contribution in [0.4, 0.5) is 4.79 Å². The number of carbonyl (C=O) groups excluding carboxylic acids is 1. The first-order chi connectivity index (χ1) is 10.4. The van der Waals surface area contributed by atoms with E-state index in [1.54, 1.807) is 4.90 Å². The van der Waals surface area contributed by atoms with Gasteiger partial charge in [0.05, 0.1) is 6.26 Å². The van der Waals surface area contributed by atoms with Crippen molar-refractivity contribution in [2.45, 2.75) is 32.2 Å². The predicted molar refractivity (Wildman–Crippen MR) is 86.2 cm³/mol. The molecule has 22 heavy (non-hydrogen) atoms. The van der Waals surface area contributed by atoms with Gasteiger partial charge in [-0.2, -0.15) is 0 Å². The molecule has 2 N–H and O–H groups in total. The summed E-state index contributed by atoms with van der Waals surface area (Å²) in [5.41, 5.74) is 0. The van der Waals surface area contributed by atoms with E-state index in [-0.39, 0.29) is 12.1 Å². The second-order valence-electron chi connectivity index (χ2n) is 6.39. The molecule has 0 aliphatic carbocycles. The van der Waals surface area contributed by atoms with Crippen molar-refractivity contribution in [3.05, 3.63) is 0 Å². The van der Waals surface area contributed by atoms with E-state index in [0.29, 0.717) is 31.8 Å². The van der Waals surface area contributed by atoms with E-state index in [4.69, 9.17) is 0 Å². The molecule has 128 valence electrons. The summed E-state index contributed by atoms with van der Waals surface area (Å²) in [6.45, 7) is 7.37. The lowest BCUT2D eigenvalue weighted by Crippen LogP contribution is -2.50. The number of amides is 2. The van der Waals surface area contributed by atoms with Gasteiger partial charge in [-0.05, 0) is 38.3 Å². The highest BCUT2D eigenvalue weighted by atomic mass is 32.2. The van der Waals surface area contributed by atoms with Crippen LogP contribution in [-0.4, -0.2) is 75.8 Å². The van der Waals surface area contributed by atoms with E-state index in [1.165, 1.54) is 6.26 Å². The van der Waals surface area contributed by atoms with Crippen LogP contribution >= 0.6 is 0 Å². The van der Waals surface area contributed by atoms with Crippen LogP contribution in [0.25, 0.3) is 0 Å². The molecule has 1 unspecified atom stereocenters. The van der Waals surface area contributed by atoms with Crippen LogP contribution in [0.5, 0.6) is 0 Å². The number of carbonyl (C=O) groups is 1. The molecule has 0 bridgehead atoms. The molecule has 2 rings (SSSR count). The summed E-state index contributed by atoms with van der Waals surface area (Å²) in [6, 6.07) is -0.0697. The van der Waals surface area contributed by atoms with Crippen molar-refractivity contribution in [3.8, 4) is 0 Å². The Bertz CT molecular complexity index is 474. The third-order valence-corrected chi connectivity index (χ3v) is 5.28. The third-order valence-electron chi connectivity index (χ3n) is 4.52. The fraction of sp³-hybridized carbons (Fsp3) is 0.929. The number of nitrogens with one attached hydrogen (secondary N) is 2. The van der Waals surface area contributed by atoms with Gasteiger partial charge in [0.1, 0.15) is 0 Å². The molecule has 2 amide bonds. The van der Waals surface area contributed by atoms with Gasteiger partial charge in [0.15, 0.2) is 0 Å². The van der Waals surface area contributed by atoms with E-state index in [1.807, 2.05) is 0 Å². The summed E-state index contributed by atoms with van der Waals surface area (Å²) in [5.74, 6) is 0.549. The molecule has 1 atom stereocenters. The lowest BCUT2D eigenvalue weighted by atomic mass is 10.1. The minimum atomic E-state index is -3.16. The number of nitrogens with zero attached hydrogens (tertiary/aromatic N) is 2. The summed E-state index contributed by atoms with van der Waals surface area (Å²) in [6.07, 6.45) is 3.67. The van der Waals surface area contributed by atoms with Gasteiger partial charge in [0, 0.05) is 32.2 Å². The maximum absolute atomic E-state index is 12.2. The van der Waals surface area contributed by atoms with Gasteiger partial charge in [-0.1, -0.05) is 6.92 Å². The highest BCUT2D eigenvalue weighted by Crippen LogP contribution is 2.15. The van der Waals surface area contributed by atoms with Crippen LogP contribution in [-0.2, 0) is 10.0 Å². The van der Waals surface area contributed by atoms with Crippen molar-refractivity contribution in [1.82, 2.24) is 19.8 Å². The smallest absolute Gasteiger partial charge is 0.317 e. The molecule has 2 heterocycles. The zero-order chi connectivity index (χ0) is 16.2. The molecule has 2 aliphatic heterocycles. The van der Waals surface area contributed by atoms with Gasteiger partial charge in [0.25, 0.3) is 0 Å². The van der Waals surface area contributed by atoms with Crippen molar-refractivity contribution in [2.24, 2.45) is 5.92 Å². The van der Waals surface area contributed by atoms with Crippen LogP contribution in [0, 0.1) is 5.92 Å². The maximum atomic E-state index is 12.2. The molecule has 0 radical (unpaired) electrons. The standard InChI is InChI=1S/C14H28N4O3S/c1-3-17-7-4-12(11-17)10-15-14(19)18-8-5-13(6-9-18)16-22(2,20)21/h12-13,16H,3-11H2,1-2H3,(H,15,19). The minimum absolute atomic E-state index is 0.0206. The lowest BCUT2D eigenvalue weighted by molar-refractivity contribution is 0.178. The van der Waals surface area contributed by atoms with Gasteiger partial charge in [-0.3, -0.25) is 0 Å². The number of urea groups is 1. The summed E-state index contributed by atoms with van der Waals surface area (Å²) >= 11 is 0. The Morgan fingerprint density at radius 3 is 2.41 bits per heavy atom. The van der Waals surface area contributed by atoms with Crippen molar-refractivity contribution in [3.63, 3.8) is 0 Å². The topological polar surface area (TPSA) is 81.8 Å². The Labute approximate surface area is 133 Å². The minimum Gasteiger partial charge on any atom is -0.338 e. The predicted octanol–water partition coefficient (Wildman–Crippen LogP) is 0.0514. The zero-order valence-electron chi connectivity index (χ0n) is 13.5.